The van der Waals surface area contributed by atoms with Gasteiger partial charge >= 0.3 is 0 Å². The second-order valence-corrected chi connectivity index (χ2v) is 6.59. The van der Waals surface area contributed by atoms with Crippen LogP contribution in [0.5, 0.6) is 0 Å². The van der Waals surface area contributed by atoms with Gasteiger partial charge in [-0.2, -0.15) is 0 Å². The molecule has 0 radical (unpaired) electrons. The van der Waals surface area contributed by atoms with Crippen LogP contribution in [-0.4, -0.2) is 65.9 Å². The van der Waals surface area contributed by atoms with Gasteiger partial charge in [0.05, 0.1) is 0 Å². The van der Waals surface area contributed by atoms with Crippen molar-refractivity contribution in [1.29, 1.82) is 0 Å². The lowest BCUT2D eigenvalue weighted by molar-refractivity contribution is -0.118. The van der Waals surface area contributed by atoms with Crippen LogP contribution in [0.25, 0.3) is 0 Å². The third kappa shape index (κ3) is 4.92. The molecule has 1 aliphatic heterocycles. The Balaban J connectivity index is 1.52. The Kier molecular flexibility index (Phi) is 6.54. The van der Waals surface area contributed by atoms with Gasteiger partial charge in [0.15, 0.2) is 0 Å². The Morgan fingerprint density at radius 2 is 1.70 bits per heavy atom. The monoisotopic (exact) mass is 366 g/mol. The molecule has 0 unspecified atom stereocenters. The maximum Gasteiger partial charge on any atom is 0.253 e. The summed E-state index contributed by atoms with van der Waals surface area (Å²) in [5.41, 5.74) is 0.737. The zero-order valence-corrected chi connectivity index (χ0v) is 15.8. The summed E-state index contributed by atoms with van der Waals surface area (Å²) in [5.74, 6) is 0.861. The maximum atomic E-state index is 12.5. The predicted octanol–water partition coefficient (Wildman–Crippen LogP) is 2.28. The molecule has 27 heavy (non-hydrogen) atoms. The van der Waals surface area contributed by atoms with E-state index in [-0.39, 0.29) is 11.8 Å². The van der Waals surface area contributed by atoms with Crippen molar-refractivity contribution < 1.29 is 9.59 Å². The Morgan fingerprint density at radius 3 is 2.33 bits per heavy atom. The fourth-order valence-corrected chi connectivity index (χ4v) is 3.25. The largest absolute Gasteiger partial charge is 0.336 e. The van der Waals surface area contributed by atoms with E-state index in [2.05, 4.69) is 9.88 Å². The van der Waals surface area contributed by atoms with Crippen molar-refractivity contribution in [2.75, 3.05) is 44.2 Å². The van der Waals surface area contributed by atoms with Gasteiger partial charge in [-0.25, -0.2) is 4.98 Å². The van der Waals surface area contributed by atoms with Gasteiger partial charge in [-0.3, -0.25) is 19.4 Å². The van der Waals surface area contributed by atoms with Crippen molar-refractivity contribution in [2.24, 2.45) is 0 Å². The number of pyridine rings is 1. The molecule has 0 saturated carbocycles. The molecule has 0 atom stereocenters. The van der Waals surface area contributed by atoms with Gasteiger partial charge in [0.1, 0.15) is 5.82 Å². The lowest BCUT2D eigenvalue weighted by Crippen LogP contribution is -2.50. The van der Waals surface area contributed by atoms with E-state index in [1.54, 1.807) is 11.1 Å². The first-order valence-electron chi connectivity index (χ1n) is 9.47. The van der Waals surface area contributed by atoms with E-state index in [0.717, 1.165) is 25.2 Å². The van der Waals surface area contributed by atoms with Crippen LogP contribution in [0.4, 0.5) is 5.82 Å². The number of piperazine rings is 1. The van der Waals surface area contributed by atoms with Crippen molar-refractivity contribution in [3.8, 4) is 0 Å². The van der Waals surface area contributed by atoms with Crippen molar-refractivity contribution in [1.82, 2.24) is 14.8 Å². The van der Waals surface area contributed by atoms with E-state index in [1.165, 1.54) is 0 Å². The first kappa shape index (κ1) is 19.0. The standard InChI is InChI=1S/C21H26N4O2/c1-2-20(26)25(19-10-6-7-11-22-19)17-14-23-12-15-24(16-13-23)21(27)18-8-4-3-5-9-18/h3-11H,2,12-17H2,1H3. The molecule has 0 bridgehead atoms. The van der Waals surface area contributed by atoms with Gasteiger partial charge in [-0.05, 0) is 24.3 Å². The Bertz CT molecular complexity index is 743. The number of amides is 2. The molecule has 1 aromatic carbocycles. The lowest BCUT2D eigenvalue weighted by atomic mass is 10.2. The van der Waals surface area contributed by atoms with E-state index in [0.29, 0.717) is 31.9 Å². The molecule has 2 amide bonds. The van der Waals surface area contributed by atoms with Gasteiger partial charge in [0.25, 0.3) is 5.91 Å². The number of rotatable bonds is 6. The van der Waals surface area contributed by atoms with E-state index in [9.17, 15) is 9.59 Å². The van der Waals surface area contributed by atoms with Crippen molar-refractivity contribution in [2.45, 2.75) is 13.3 Å². The van der Waals surface area contributed by atoms with Gasteiger partial charge in [0, 0.05) is 57.4 Å². The minimum atomic E-state index is 0.0755. The molecule has 6 nitrogen and oxygen atoms in total. The first-order valence-corrected chi connectivity index (χ1v) is 9.47. The van der Waals surface area contributed by atoms with Crippen LogP contribution in [-0.2, 0) is 4.79 Å². The summed E-state index contributed by atoms with van der Waals surface area (Å²) >= 11 is 0. The lowest BCUT2D eigenvalue weighted by Gasteiger charge is -2.35. The number of anilines is 1. The van der Waals surface area contributed by atoms with Crippen LogP contribution in [0, 0.1) is 0 Å². The summed E-state index contributed by atoms with van der Waals surface area (Å²) in [6.45, 7) is 6.29. The molecule has 1 fully saturated rings. The summed E-state index contributed by atoms with van der Waals surface area (Å²) in [7, 11) is 0. The van der Waals surface area contributed by atoms with E-state index in [4.69, 9.17) is 0 Å². The molecule has 6 heteroatoms. The predicted molar refractivity (Wildman–Crippen MR) is 106 cm³/mol. The van der Waals surface area contributed by atoms with Crippen LogP contribution in [0.15, 0.2) is 54.7 Å². The summed E-state index contributed by atoms with van der Waals surface area (Å²) < 4.78 is 0. The summed E-state index contributed by atoms with van der Waals surface area (Å²) in [6.07, 6.45) is 2.16. The first-order chi connectivity index (χ1) is 13.2. The Labute approximate surface area is 160 Å². The SMILES string of the molecule is CCC(=O)N(CCN1CCN(C(=O)c2ccccc2)CC1)c1ccccn1. The highest BCUT2D eigenvalue weighted by Crippen LogP contribution is 2.12. The molecule has 0 N–H and O–H groups in total. The molecule has 3 rings (SSSR count). The van der Waals surface area contributed by atoms with Crippen LogP contribution in [0.3, 0.4) is 0 Å². The van der Waals surface area contributed by atoms with Crippen molar-refractivity contribution >= 4 is 17.6 Å². The van der Waals surface area contributed by atoms with Crippen LogP contribution in [0.2, 0.25) is 0 Å². The zero-order chi connectivity index (χ0) is 19.1. The number of benzene rings is 1. The molecule has 1 saturated heterocycles. The smallest absolute Gasteiger partial charge is 0.253 e. The third-order valence-corrected chi connectivity index (χ3v) is 4.85. The highest BCUT2D eigenvalue weighted by atomic mass is 16.2. The molecule has 0 spiro atoms. The fourth-order valence-electron chi connectivity index (χ4n) is 3.25. The summed E-state index contributed by atoms with van der Waals surface area (Å²) in [4.78, 5) is 35.1. The molecule has 2 heterocycles. The summed E-state index contributed by atoms with van der Waals surface area (Å²) in [5, 5.41) is 0. The second kappa shape index (κ2) is 9.28. The fraction of sp³-hybridized carbons (Fsp3) is 0.381. The van der Waals surface area contributed by atoms with Crippen LogP contribution >= 0.6 is 0 Å². The zero-order valence-electron chi connectivity index (χ0n) is 15.8. The molecule has 142 valence electrons. The molecular formula is C21H26N4O2. The molecule has 1 aromatic heterocycles. The number of aromatic nitrogens is 1. The average Bonchev–Trinajstić information content (AvgIpc) is 2.75. The number of hydrogen-bond donors (Lipinski definition) is 0. The average molecular weight is 366 g/mol. The topological polar surface area (TPSA) is 56.8 Å². The van der Waals surface area contributed by atoms with Crippen LogP contribution in [0.1, 0.15) is 23.7 Å². The van der Waals surface area contributed by atoms with E-state index in [1.807, 2.05) is 60.4 Å². The minimum absolute atomic E-state index is 0.0755. The highest BCUT2D eigenvalue weighted by Gasteiger charge is 2.23. The van der Waals surface area contributed by atoms with E-state index < -0.39 is 0 Å². The van der Waals surface area contributed by atoms with Crippen LogP contribution < -0.4 is 4.90 Å². The van der Waals surface area contributed by atoms with Gasteiger partial charge < -0.3 is 4.90 Å². The molecular weight excluding hydrogens is 340 g/mol. The molecule has 0 aliphatic carbocycles. The highest BCUT2D eigenvalue weighted by molar-refractivity contribution is 5.94. The Morgan fingerprint density at radius 1 is 1.00 bits per heavy atom. The molecule has 1 aliphatic rings. The van der Waals surface area contributed by atoms with Gasteiger partial charge in [-0.1, -0.05) is 31.2 Å². The van der Waals surface area contributed by atoms with Crippen molar-refractivity contribution in [3.63, 3.8) is 0 Å². The quantitative estimate of drug-likeness (QED) is 0.787. The molecule has 2 aromatic rings. The third-order valence-electron chi connectivity index (χ3n) is 4.85. The number of carbonyl (C=O) groups is 2. The van der Waals surface area contributed by atoms with Gasteiger partial charge in [-0.15, -0.1) is 0 Å². The number of nitrogens with zero attached hydrogens (tertiary/aromatic N) is 4. The minimum Gasteiger partial charge on any atom is -0.336 e. The van der Waals surface area contributed by atoms with Gasteiger partial charge in [0.2, 0.25) is 5.91 Å². The number of hydrogen-bond acceptors (Lipinski definition) is 4. The van der Waals surface area contributed by atoms with E-state index >= 15 is 0 Å². The second-order valence-electron chi connectivity index (χ2n) is 6.59. The maximum absolute atomic E-state index is 12.5. The van der Waals surface area contributed by atoms with Crippen molar-refractivity contribution in [3.05, 3.63) is 60.3 Å². The Hall–Kier alpha value is -2.73. The number of carbonyl (C=O) groups excluding carboxylic acids is 2. The summed E-state index contributed by atoms with van der Waals surface area (Å²) in [6, 6.07) is 15.0. The normalized spacial score (nSPS) is 14.8.